The number of halogens is 1. The summed E-state index contributed by atoms with van der Waals surface area (Å²) in [7, 11) is 5.49. The summed E-state index contributed by atoms with van der Waals surface area (Å²) in [6.45, 7) is 1.76. The average molecular weight is 246 g/mol. The van der Waals surface area contributed by atoms with E-state index >= 15 is 0 Å². The summed E-state index contributed by atoms with van der Waals surface area (Å²) < 4.78 is 6.59. The number of carbonyl (C=O) groups excluding carboxylic acids is 1. The molecule has 5 nitrogen and oxygen atoms in total. The molecule has 0 atom stereocenters. The van der Waals surface area contributed by atoms with Gasteiger partial charge in [-0.2, -0.15) is 5.10 Å². The minimum atomic E-state index is 0.294. The molecule has 0 radical (unpaired) electrons. The van der Waals surface area contributed by atoms with Gasteiger partial charge in [0.25, 0.3) is 0 Å². The molecule has 0 fully saturated rings. The second-order valence-corrected chi connectivity index (χ2v) is 4.09. The molecule has 0 spiro atoms. The second kappa shape index (κ2) is 5.98. The SMILES string of the molecule is COCc1nn(CCN(C)C)c(Cl)c1C=O. The van der Waals surface area contributed by atoms with Gasteiger partial charge in [0.05, 0.1) is 18.7 Å². The number of methoxy groups -OCH3 is 1. The molecule has 0 saturated heterocycles. The number of hydrogen-bond acceptors (Lipinski definition) is 4. The molecule has 1 aromatic rings. The summed E-state index contributed by atoms with van der Waals surface area (Å²) in [6, 6.07) is 0. The van der Waals surface area contributed by atoms with Crippen LogP contribution in [-0.4, -0.2) is 48.7 Å². The molecule has 1 rings (SSSR count). The highest BCUT2D eigenvalue weighted by molar-refractivity contribution is 6.32. The zero-order valence-electron chi connectivity index (χ0n) is 9.73. The van der Waals surface area contributed by atoms with Crippen molar-refractivity contribution in [1.29, 1.82) is 0 Å². The maximum absolute atomic E-state index is 10.9. The number of nitrogens with zero attached hydrogens (tertiary/aromatic N) is 3. The van der Waals surface area contributed by atoms with Gasteiger partial charge >= 0.3 is 0 Å². The predicted molar refractivity (Wildman–Crippen MR) is 61.9 cm³/mol. The molecular formula is C10H16ClN3O2. The van der Waals surface area contributed by atoms with Crippen molar-refractivity contribution in [2.75, 3.05) is 27.7 Å². The fourth-order valence-corrected chi connectivity index (χ4v) is 1.58. The quantitative estimate of drug-likeness (QED) is 0.703. The molecule has 0 unspecified atom stereocenters. The van der Waals surface area contributed by atoms with Gasteiger partial charge in [-0.3, -0.25) is 9.48 Å². The number of aromatic nitrogens is 2. The van der Waals surface area contributed by atoms with E-state index in [9.17, 15) is 4.79 Å². The van der Waals surface area contributed by atoms with Crippen LogP contribution < -0.4 is 0 Å². The highest BCUT2D eigenvalue weighted by Gasteiger charge is 2.15. The second-order valence-electron chi connectivity index (χ2n) is 3.73. The number of likely N-dealkylation sites (N-methyl/N-ethyl adjacent to an activating group) is 1. The van der Waals surface area contributed by atoms with E-state index in [4.69, 9.17) is 16.3 Å². The number of carbonyl (C=O) groups is 1. The third-order valence-electron chi connectivity index (χ3n) is 2.16. The first-order valence-electron chi connectivity index (χ1n) is 4.94. The van der Waals surface area contributed by atoms with E-state index < -0.39 is 0 Å². The molecule has 0 saturated carbocycles. The lowest BCUT2D eigenvalue weighted by molar-refractivity contribution is 0.111. The van der Waals surface area contributed by atoms with Gasteiger partial charge < -0.3 is 9.64 Å². The third-order valence-corrected chi connectivity index (χ3v) is 2.56. The summed E-state index contributed by atoms with van der Waals surface area (Å²) in [4.78, 5) is 12.9. The normalized spacial score (nSPS) is 11.1. The topological polar surface area (TPSA) is 47.4 Å². The number of hydrogen-bond donors (Lipinski definition) is 0. The lowest BCUT2D eigenvalue weighted by atomic mass is 10.3. The minimum Gasteiger partial charge on any atom is -0.378 e. The molecule has 1 aromatic heterocycles. The summed E-state index contributed by atoms with van der Waals surface area (Å²) in [5.74, 6) is 0. The third kappa shape index (κ3) is 3.04. The molecule has 0 aliphatic heterocycles. The van der Waals surface area contributed by atoms with Crippen molar-refractivity contribution in [3.63, 3.8) is 0 Å². The van der Waals surface area contributed by atoms with Crippen LogP contribution in [0.4, 0.5) is 0 Å². The van der Waals surface area contributed by atoms with E-state index in [0.29, 0.717) is 29.6 Å². The van der Waals surface area contributed by atoms with Crippen LogP contribution in [0.1, 0.15) is 16.1 Å². The van der Waals surface area contributed by atoms with Crippen LogP contribution >= 0.6 is 11.6 Å². The van der Waals surface area contributed by atoms with Crippen LogP contribution in [0, 0.1) is 0 Å². The molecule has 16 heavy (non-hydrogen) atoms. The van der Waals surface area contributed by atoms with Crippen molar-refractivity contribution < 1.29 is 9.53 Å². The van der Waals surface area contributed by atoms with E-state index in [1.165, 1.54) is 0 Å². The van der Waals surface area contributed by atoms with Crippen molar-refractivity contribution in [3.05, 3.63) is 16.4 Å². The van der Waals surface area contributed by atoms with Crippen LogP contribution in [0.3, 0.4) is 0 Å². The van der Waals surface area contributed by atoms with E-state index in [1.807, 2.05) is 19.0 Å². The molecule has 1 heterocycles. The largest absolute Gasteiger partial charge is 0.378 e. The van der Waals surface area contributed by atoms with Crippen molar-refractivity contribution in [2.24, 2.45) is 0 Å². The van der Waals surface area contributed by atoms with Crippen LogP contribution in [0.5, 0.6) is 0 Å². The van der Waals surface area contributed by atoms with Gasteiger partial charge in [0.15, 0.2) is 6.29 Å². The van der Waals surface area contributed by atoms with Gasteiger partial charge in [0, 0.05) is 13.7 Å². The first-order valence-corrected chi connectivity index (χ1v) is 5.32. The van der Waals surface area contributed by atoms with E-state index in [0.717, 1.165) is 12.8 Å². The zero-order chi connectivity index (χ0) is 12.1. The smallest absolute Gasteiger partial charge is 0.155 e. The summed E-state index contributed by atoms with van der Waals surface area (Å²) >= 11 is 6.04. The lowest BCUT2D eigenvalue weighted by Crippen LogP contribution is -2.19. The lowest BCUT2D eigenvalue weighted by Gasteiger charge is -2.09. The van der Waals surface area contributed by atoms with Gasteiger partial charge in [-0.25, -0.2) is 0 Å². The van der Waals surface area contributed by atoms with Crippen molar-refractivity contribution >= 4 is 17.9 Å². The van der Waals surface area contributed by atoms with Crippen LogP contribution in [0.15, 0.2) is 0 Å². The van der Waals surface area contributed by atoms with Crippen molar-refractivity contribution in [1.82, 2.24) is 14.7 Å². The Morgan fingerprint density at radius 1 is 1.56 bits per heavy atom. The fourth-order valence-electron chi connectivity index (χ4n) is 1.30. The number of rotatable bonds is 6. The Kier molecular flexibility index (Phi) is 4.92. The summed E-state index contributed by atoms with van der Waals surface area (Å²) in [5.41, 5.74) is 1.00. The number of ether oxygens (including phenoxy) is 1. The first kappa shape index (κ1) is 13.2. The average Bonchev–Trinajstić information content (AvgIpc) is 2.52. The molecule has 0 aliphatic carbocycles. The summed E-state index contributed by atoms with van der Waals surface area (Å²) in [6.07, 6.45) is 0.718. The Hall–Kier alpha value is -0.910. The highest BCUT2D eigenvalue weighted by Crippen LogP contribution is 2.18. The molecule has 0 N–H and O–H groups in total. The van der Waals surface area contributed by atoms with Gasteiger partial charge in [-0.05, 0) is 14.1 Å². The Labute approximate surface area is 99.9 Å². The van der Waals surface area contributed by atoms with Gasteiger partial charge in [0.1, 0.15) is 10.8 Å². The van der Waals surface area contributed by atoms with Crippen LogP contribution in [-0.2, 0) is 17.9 Å². The maximum Gasteiger partial charge on any atom is 0.155 e. The molecule has 0 bridgehead atoms. The van der Waals surface area contributed by atoms with Crippen molar-refractivity contribution in [3.8, 4) is 0 Å². The maximum atomic E-state index is 10.9. The molecular weight excluding hydrogens is 230 g/mol. The van der Waals surface area contributed by atoms with E-state index in [1.54, 1.807) is 11.8 Å². The van der Waals surface area contributed by atoms with Crippen molar-refractivity contribution in [2.45, 2.75) is 13.2 Å². The standard InChI is InChI=1S/C10H16ClN3O2/c1-13(2)4-5-14-10(11)8(6-15)9(12-14)7-16-3/h6H,4-5,7H2,1-3H3. The minimum absolute atomic E-state index is 0.294. The molecule has 0 amide bonds. The van der Waals surface area contributed by atoms with Gasteiger partial charge in [-0.1, -0.05) is 11.6 Å². The molecule has 0 aliphatic rings. The molecule has 6 heteroatoms. The van der Waals surface area contributed by atoms with Crippen LogP contribution in [0.2, 0.25) is 5.15 Å². The fraction of sp³-hybridized carbons (Fsp3) is 0.600. The Morgan fingerprint density at radius 3 is 2.75 bits per heavy atom. The van der Waals surface area contributed by atoms with Gasteiger partial charge in [-0.15, -0.1) is 0 Å². The molecule has 90 valence electrons. The zero-order valence-corrected chi connectivity index (χ0v) is 10.5. The monoisotopic (exact) mass is 245 g/mol. The Balaban J connectivity index is 2.88. The number of aldehydes is 1. The van der Waals surface area contributed by atoms with Gasteiger partial charge in [0.2, 0.25) is 0 Å². The molecule has 0 aromatic carbocycles. The Bertz CT molecular complexity index is 363. The van der Waals surface area contributed by atoms with E-state index in [2.05, 4.69) is 5.10 Å². The highest BCUT2D eigenvalue weighted by atomic mass is 35.5. The predicted octanol–water partition coefficient (Wildman–Crippen LogP) is 1.06. The van der Waals surface area contributed by atoms with E-state index in [-0.39, 0.29) is 0 Å². The first-order chi connectivity index (χ1) is 7.60. The summed E-state index contributed by atoms with van der Waals surface area (Å²) in [5, 5.41) is 4.62. The Morgan fingerprint density at radius 2 is 2.25 bits per heavy atom. The van der Waals surface area contributed by atoms with Crippen LogP contribution in [0.25, 0.3) is 0 Å².